The number of hydrogen-bond acceptors (Lipinski definition) is 4. The van der Waals surface area contributed by atoms with E-state index in [4.69, 9.17) is 14.0 Å². The number of alkyl halides is 3. The number of hydrogen-bond donors (Lipinski definition) is 2. The fourth-order valence-corrected chi connectivity index (χ4v) is 3.02. The topological polar surface area (TPSA) is 68.8 Å². The van der Waals surface area contributed by atoms with Crippen molar-refractivity contribution in [1.29, 1.82) is 0 Å². The van der Waals surface area contributed by atoms with Crippen molar-refractivity contribution in [3.8, 4) is 5.75 Å². The molecule has 1 aliphatic rings. The van der Waals surface area contributed by atoms with Crippen LogP contribution in [0.4, 0.5) is 29.3 Å². The maximum absolute atomic E-state index is 13.8. The van der Waals surface area contributed by atoms with Gasteiger partial charge in [-0.25, -0.2) is 4.79 Å². The number of ether oxygens (including phenoxy) is 1. The van der Waals surface area contributed by atoms with Gasteiger partial charge in [0.25, 0.3) is 0 Å². The molecule has 31 heavy (non-hydrogen) atoms. The van der Waals surface area contributed by atoms with Crippen LogP contribution in [0.1, 0.15) is 33.3 Å². The molecule has 0 saturated carbocycles. The van der Waals surface area contributed by atoms with E-state index in [-0.39, 0.29) is 11.2 Å². The second-order valence-corrected chi connectivity index (χ2v) is 8.20. The van der Waals surface area contributed by atoms with Crippen LogP contribution in [0.3, 0.4) is 0 Å². The average molecular weight is 436 g/mol. The minimum Gasteiger partial charge on any atom is -0.497 e. The fraction of sp³-hybridized carbons (Fsp3) is 0.381. The third-order valence-electron chi connectivity index (χ3n) is 5.47. The number of anilines is 2. The summed E-state index contributed by atoms with van der Waals surface area (Å²) in [7, 11) is 0.338. The summed E-state index contributed by atoms with van der Waals surface area (Å²) < 4.78 is 57.9. The number of urea groups is 1. The maximum atomic E-state index is 13.8. The number of nitrogens with one attached hydrogen (secondary N) is 2. The van der Waals surface area contributed by atoms with Crippen LogP contribution in [-0.4, -0.2) is 31.5 Å². The Morgan fingerprint density at radius 1 is 0.935 bits per heavy atom. The van der Waals surface area contributed by atoms with Crippen molar-refractivity contribution < 1.29 is 32.0 Å². The number of carbonyl (C=O) groups is 1. The molecule has 166 valence electrons. The molecule has 0 bridgehead atoms. The summed E-state index contributed by atoms with van der Waals surface area (Å²) in [5.74, 6) is 0.610. The van der Waals surface area contributed by atoms with E-state index in [2.05, 4.69) is 10.6 Å². The first-order chi connectivity index (χ1) is 14.3. The molecule has 2 aromatic rings. The molecule has 0 aromatic heterocycles. The smallest absolute Gasteiger partial charge is 0.495 e. The first-order valence-corrected chi connectivity index (χ1v) is 9.61. The lowest BCUT2D eigenvalue weighted by atomic mass is 9.75. The van der Waals surface area contributed by atoms with E-state index in [1.807, 2.05) is 0 Å². The van der Waals surface area contributed by atoms with Gasteiger partial charge in [0, 0.05) is 11.4 Å². The molecular weight excluding hydrogens is 412 g/mol. The number of rotatable bonds is 4. The van der Waals surface area contributed by atoms with Gasteiger partial charge < -0.3 is 24.7 Å². The molecule has 1 aliphatic heterocycles. The summed E-state index contributed by atoms with van der Waals surface area (Å²) in [6.07, 6.45) is -4.66. The Morgan fingerprint density at radius 3 is 1.97 bits per heavy atom. The van der Waals surface area contributed by atoms with Crippen LogP contribution in [0.25, 0.3) is 0 Å². The van der Waals surface area contributed by atoms with Crippen molar-refractivity contribution >= 4 is 30.0 Å². The van der Waals surface area contributed by atoms with Crippen molar-refractivity contribution in [3.63, 3.8) is 0 Å². The number of amides is 2. The summed E-state index contributed by atoms with van der Waals surface area (Å²) in [4.78, 5) is 12.2. The van der Waals surface area contributed by atoms with Gasteiger partial charge in [0.15, 0.2) is 0 Å². The van der Waals surface area contributed by atoms with Gasteiger partial charge in [-0.15, -0.1) is 0 Å². The van der Waals surface area contributed by atoms with Gasteiger partial charge in [-0.3, -0.25) is 0 Å². The quantitative estimate of drug-likeness (QED) is 0.685. The Labute approximate surface area is 179 Å². The van der Waals surface area contributed by atoms with Crippen LogP contribution < -0.4 is 20.8 Å². The molecule has 2 aromatic carbocycles. The Balaban J connectivity index is 1.81. The minimum atomic E-state index is -4.66. The van der Waals surface area contributed by atoms with E-state index in [0.29, 0.717) is 11.4 Å². The molecule has 0 radical (unpaired) electrons. The Kier molecular flexibility index (Phi) is 5.99. The van der Waals surface area contributed by atoms with Crippen molar-refractivity contribution in [2.24, 2.45) is 0 Å². The zero-order chi connectivity index (χ0) is 23.0. The summed E-state index contributed by atoms with van der Waals surface area (Å²) in [5, 5.41) is 4.97. The molecular formula is C21H24BF3N2O4. The van der Waals surface area contributed by atoms with Crippen molar-refractivity contribution in [1.82, 2.24) is 0 Å². The number of benzene rings is 2. The zero-order valence-corrected chi connectivity index (χ0v) is 17.9. The molecule has 6 nitrogen and oxygen atoms in total. The Morgan fingerprint density at radius 2 is 1.45 bits per heavy atom. The van der Waals surface area contributed by atoms with Gasteiger partial charge in [0.05, 0.1) is 23.9 Å². The maximum Gasteiger partial charge on any atom is 0.495 e. The largest absolute Gasteiger partial charge is 0.497 e. The molecule has 2 N–H and O–H groups in total. The molecule has 3 rings (SSSR count). The van der Waals surface area contributed by atoms with Gasteiger partial charge in [0.1, 0.15) is 5.75 Å². The van der Waals surface area contributed by atoms with Gasteiger partial charge in [-0.05, 0) is 69.6 Å². The lowest BCUT2D eigenvalue weighted by molar-refractivity contribution is -0.136. The van der Waals surface area contributed by atoms with Gasteiger partial charge >= 0.3 is 19.3 Å². The average Bonchev–Trinajstić information content (AvgIpc) is 2.88. The zero-order valence-electron chi connectivity index (χ0n) is 17.9. The Hall–Kier alpha value is -2.72. The second-order valence-electron chi connectivity index (χ2n) is 8.20. The van der Waals surface area contributed by atoms with Gasteiger partial charge in [-0.2, -0.15) is 13.2 Å². The predicted molar refractivity (Wildman–Crippen MR) is 113 cm³/mol. The first-order valence-electron chi connectivity index (χ1n) is 9.61. The summed E-state index contributed by atoms with van der Waals surface area (Å²) in [6.45, 7) is 7.05. The molecule has 1 saturated heterocycles. The van der Waals surface area contributed by atoms with Crippen molar-refractivity contribution in [3.05, 3.63) is 48.0 Å². The highest BCUT2D eigenvalue weighted by Crippen LogP contribution is 2.38. The molecule has 2 amide bonds. The number of methoxy groups -OCH3 is 1. The van der Waals surface area contributed by atoms with Crippen molar-refractivity contribution in [2.75, 3.05) is 17.7 Å². The monoisotopic (exact) mass is 436 g/mol. The normalized spacial score (nSPS) is 17.4. The van der Waals surface area contributed by atoms with Crippen LogP contribution >= 0.6 is 0 Å². The standard InChI is InChI=1S/C21H24BF3N2O4/c1-19(2)20(3,4)31-22(30-19)17-11-8-14(12-16(17)21(23,24)25)27-18(28)26-13-6-9-15(29-5)10-7-13/h6-12H,1-5H3,(H2,26,27,28). The van der Waals surface area contributed by atoms with Crippen LogP contribution in [0.5, 0.6) is 5.75 Å². The highest BCUT2D eigenvalue weighted by atomic mass is 19.4. The van der Waals surface area contributed by atoms with Crippen molar-refractivity contribution in [2.45, 2.75) is 45.1 Å². The second kappa shape index (κ2) is 8.09. The summed E-state index contributed by atoms with van der Waals surface area (Å²) >= 11 is 0. The van der Waals surface area contributed by atoms with Crippen LogP contribution in [0, 0.1) is 0 Å². The third kappa shape index (κ3) is 4.96. The van der Waals surface area contributed by atoms with E-state index in [9.17, 15) is 18.0 Å². The van der Waals surface area contributed by atoms with E-state index in [0.717, 1.165) is 6.07 Å². The Bertz CT molecular complexity index is 946. The van der Waals surface area contributed by atoms with Gasteiger partial charge in [-0.1, -0.05) is 6.07 Å². The van der Waals surface area contributed by atoms with Crippen LogP contribution in [0.15, 0.2) is 42.5 Å². The summed E-state index contributed by atoms with van der Waals surface area (Å²) in [6, 6.07) is 9.35. The molecule has 0 spiro atoms. The predicted octanol–water partition coefficient (Wildman–Crippen LogP) is 4.66. The molecule has 10 heteroatoms. The molecule has 0 unspecified atom stereocenters. The van der Waals surface area contributed by atoms with Gasteiger partial charge in [0.2, 0.25) is 0 Å². The summed E-state index contributed by atoms with van der Waals surface area (Å²) in [5.41, 5.74) is -2.20. The van der Waals surface area contributed by atoms with E-state index in [1.165, 1.54) is 19.2 Å². The third-order valence-corrected chi connectivity index (χ3v) is 5.47. The number of carbonyl (C=O) groups excluding carboxylic acids is 1. The lowest BCUT2D eigenvalue weighted by Gasteiger charge is -2.32. The highest BCUT2D eigenvalue weighted by molar-refractivity contribution is 6.62. The van der Waals surface area contributed by atoms with E-state index < -0.39 is 36.1 Å². The van der Waals surface area contributed by atoms with Crippen LogP contribution in [0.2, 0.25) is 0 Å². The first kappa shape index (κ1) is 23.0. The number of halogens is 3. The van der Waals surface area contributed by atoms with Crippen LogP contribution in [-0.2, 0) is 15.5 Å². The SMILES string of the molecule is COc1ccc(NC(=O)Nc2ccc(B3OC(C)(C)C(C)(C)O3)c(C(F)(F)F)c2)cc1. The molecule has 0 atom stereocenters. The molecule has 1 fully saturated rings. The molecule has 1 heterocycles. The highest BCUT2D eigenvalue weighted by Gasteiger charge is 2.53. The lowest BCUT2D eigenvalue weighted by Crippen LogP contribution is -2.41. The molecule has 0 aliphatic carbocycles. The minimum absolute atomic E-state index is 0.0152. The van der Waals surface area contributed by atoms with E-state index >= 15 is 0 Å². The fourth-order valence-electron chi connectivity index (χ4n) is 3.02. The van der Waals surface area contributed by atoms with E-state index in [1.54, 1.807) is 52.0 Å².